The van der Waals surface area contributed by atoms with Gasteiger partial charge in [-0.05, 0) is 59.2 Å². The molecule has 1 atom stereocenters. The van der Waals surface area contributed by atoms with Gasteiger partial charge in [-0.2, -0.15) is 0 Å². The van der Waals surface area contributed by atoms with Crippen LogP contribution in [0.1, 0.15) is 35.4 Å². The molecule has 1 aliphatic rings. The maximum atomic E-state index is 13.0. The zero-order chi connectivity index (χ0) is 23.3. The van der Waals surface area contributed by atoms with Gasteiger partial charge in [-0.25, -0.2) is 4.68 Å². The number of aromatic nitrogens is 5. The van der Waals surface area contributed by atoms with E-state index in [2.05, 4.69) is 49.7 Å². The summed E-state index contributed by atoms with van der Waals surface area (Å²) < 4.78 is 7.62. The van der Waals surface area contributed by atoms with E-state index in [0.29, 0.717) is 19.6 Å². The van der Waals surface area contributed by atoms with Crippen LogP contribution in [0.15, 0.2) is 59.4 Å². The number of nitrogens with zero attached hydrogens (tertiary/aromatic N) is 5. The van der Waals surface area contributed by atoms with Gasteiger partial charge in [0.15, 0.2) is 5.82 Å². The molecule has 1 fully saturated rings. The first-order valence-corrected chi connectivity index (χ1v) is 11.9. The Morgan fingerprint density at radius 3 is 2.85 bits per heavy atom. The summed E-state index contributed by atoms with van der Waals surface area (Å²) in [4.78, 5) is 18.3. The minimum Gasteiger partial charge on any atom is -0.376 e. The molecule has 0 radical (unpaired) electrons. The number of fused-ring (bicyclic) bond motifs is 1. The monoisotopic (exact) mass is 458 g/mol. The molecule has 2 aromatic heterocycles. The quantitative estimate of drug-likeness (QED) is 0.414. The Morgan fingerprint density at radius 2 is 2.03 bits per heavy atom. The summed E-state index contributed by atoms with van der Waals surface area (Å²) in [6.45, 7) is 5.32. The number of aromatic amines is 1. The standard InChI is InChI=1S/C26H30N6O2/c1-19-7-5-10-21-15-22(26(33)27-25(19)21)16-31(13-12-20-8-3-2-4-9-20)18-24-28-29-30-32(24)17-23-11-6-14-34-23/h2-5,7-10,15,23H,6,11-14,16-18H2,1H3,(H,27,33)/t23-/m0/s1. The first-order valence-electron chi connectivity index (χ1n) is 11.9. The molecule has 0 unspecified atom stereocenters. The number of H-pyrrole nitrogens is 1. The van der Waals surface area contributed by atoms with Crippen molar-refractivity contribution in [3.8, 4) is 0 Å². The fourth-order valence-electron chi connectivity index (χ4n) is 4.59. The first-order chi connectivity index (χ1) is 16.7. The van der Waals surface area contributed by atoms with Gasteiger partial charge >= 0.3 is 0 Å². The molecule has 0 bridgehead atoms. The van der Waals surface area contributed by atoms with Crippen molar-refractivity contribution < 1.29 is 4.74 Å². The average molecular weight is 459 g/mol. The van der Waals surface area contributed by atoms with Gasteiger partial charge in [-0.15, -0.1) is 5.10 Å². The van der Waals surface area contributed by atoms with Crippen LogP contribution in [0.25, 0.3) is 10.9 Å². The van der Waals surface area contributed by atoms with E-state index in [0.717, 1.165) is 60.3 Å². The Kier molecular flexibility index (Phi) is 6.78. The molecule has 0 amide bonds. The number of nitrogens with one attached hydrogen (secondary N) is 1. The second kappa shape index (κ2) is 10.3. The van der Waals surface area contributed by atoms with E-state index in [-0.39, 0.29) is 11.7 Å². The summed E-state index contributed by atoms with van der Waals surface area (Å²) in [5.41, 5.74) is 3.91. The van der Waals surface area contributed by atoms with Crippen LogP contribution in [-0.2, 0) is 30.8 Å². The maximum Gasteiger partial charge on any atom is 0.252 e. The van der Waals surface area contributed by atoms with Crippen molar-refractivity contribution in [3.05, 3.63) is 87.5 Å². The summed E-state index contributed by atoms with van der Waals surface area (Å²) in [7, 11) is 0. The Hall–Kier alpha value is -3.36. The van der Waals surface area contributed by atoms with E-state index >= 15 is 0 Å². The van der Waals surface area contributed by atoms with E-state index in [9.17, 15) is 4.79 Å². The number of ether oxygens (including phenoxy) is 1. The SMILES string of the molecule is Cc1cccc2cc(CN(CCc3ccccc3)Cc3nnnn3C[C@@H]3CCCO3)c(=O)[nH]c12. The van der Waals surface area contributed by atoms with E-state index in [1.54, 1.807) is 0 Å². The van der Waals surface area contributed by atoms with Gasteiger partial charge in [0.05, 0.1) is 24.7 Å². The Bertz CT molecular complexity index is 1290. The van der Waals surface area contributed by atoms with Gasteiger partial charge in [0.2, 0.25) is 0 Å². The van der Waals surface area contributed by atoms with Crippen molar-refractivity contribution in [2.75, 3.05) is 13.2 Å². The molecule has 1 saturated heterocycles. The van der Waals surface area contributed by atoms with Crippen LogP contribution in [-0.4, -0.2) is 49.3 Å². The molecule has 0 aliphatic carbocycles. The second-order valence-electron chi connectivity index (χ2n) is 9.02. The van der Waals surface area contributed by atoms with Gasteiger partial charge in [0, 0.05) is 25.3 Å². The van der Waals surface area contributed by atoms with E-state index in [1.807, 2.05) is 41.9 Å². The fourth-order valence-corrected chi connectivity index (χ4v) is 4.59. The highest BCUT2D eigenvalue weighted by Gasteiger charge is 2.20. The van der Waals surface area contributed by atoms with Crippen LogP contribution in [0.4, 0.5) is 0 Å². The number of tetrazole rings is 1. The minimum absolute atomic E-state index is 0.0505. The third-order valence-electron chi connectivity index (χ3n) is 6.49. The van der Waals surface area contributed by atoms with Crippen LogP contribution < -0.4 is 5.56 Å². The predicted octanol–water partition coefficient (Wildman–Crippen LogP) is 3.25. The van der Waals surface area contributed by atoms with Crippen molar-refractivity contribution in [1.82, 2.24) is 30.1 Å². The molecule has 4 aromatic rings. The highest BCUT2D eigenvalue weighted by atomic mass is 16.5. The average Bonchev–Trinajstić information content (AvgIpc) is 3.52. The molecule has 8 heteroatoms. The lowest BCUT2D eigenvalue weighted by atomic mass is 10.1. The van der Waals surface area contributed by atoms with Gasteiger partial charge in [0.25, 0.3) is 5.56 Å². The maximum absolute atomic E-state index is 13.0. The van der Waals surface area contributed by atoms with Crippen LogP contribution >= 0.6 is 0 Å². The Morgan fingerprint density at radius 1 is 1.15 bits per heavy atom. The molecule has 0 spiro atoms. The van der Waals surface area contributed by atoms with Crippen molar-refractivity contribution >= 4 is 10.9 Å². The van der Waals surface area contributed by atoms with E-state index < -0.39 is 0 Å². The molecule has 1 N–H and O–H groups in total. The van der Waals surface area contributed by atoms with Crippen LogP contribution in [0, 0.1) is 6.92 Å². The summed E-state index contributed by atoms with van der Waals surface area (Å²) in [6.07, 6.45) is 3.14. The topological polar surface area (TPSA) is 88.9 Å². The van der Waals surface area contributed by atoms with Crippen LogP contribution in [0.2, 0.25) is 0 Å². The molecule has 1 aliphatic heterocycles. The van der Waals surface area contributed by atoms with Crippen molar-refractivity contribution in [2.24, 2.45) is 0 Å². The largest absolute Gasteiger partial charge is 0.376 e. The second-order valence-corrected chi connectivity index (χ2v) is 9.02. The van der Waals surface area contributed by atoms with Crippen molar-refractivity contribution in [3.63, 3.8) is 0 Å². The molecule has 8 nitrogen and oxygen atoms in total. The molecule has 34 heavy (non-hydrogen) atoms. The highest BCUT2D eigenvalue weighted by molar-refractivity contribution is 5.81. The third kappa shape index (κ3) is 5.24. The lowest BCUT2D eigenvalue weighted by Crippen LogP contribution is -2.30. The van der Waals surface area contributed by atoms with Gasteiger partial charge < -0.3 is 9.72 Å². The Balaban J connectivity index is 1.38. The summed E-state index contributed by atoms with van der Waals surface area (Å²) in [6, 6.07) is 18.5. The molecule has 176 valence electrons. The number of hydrogen-bond acceptors (Lipinski definition) is 6. The van der Waals surface area contributed by atoms with Crippen LogP contribution in [0.5, 0.6) is 0 Å². The van der Waals surface area contributed by atoms with Gasteiger partial charge in [0.1, 0.15) is 0 Å². The minimum atomic E-state index is -0.0505. The summed E-state index contributed by atoms with van der Waals surface area (Å²) >= 11 is 0. The Labute approximate surface area is 198 Å². The molecule has 2 aromatic carbocycles. The predicted molar refractivity (Wildman–Crippen MR) is 130 cm³/mol. The van der Waals surface area contributed by atoms with E-state index in [4.69, 9.17) is 4.74 Å². The lowest BCUT2D eigenvalue weighted by molar-refractivity contribution is 0.0916. The number of benzene rings is 2. The first kappa shape index (κ1) is 22.4. The molecular weight excluding hydrogens is 428 g/mol. The number of rotatable bonds is 9. The van der Waals surface area contributed by atoms with Crippen molar-refractivity contribution in [1.29, 1.82) is 0 Å². The summed E-state index contributed by atoms with van der Waals surface area (Å²) in [5, 5.41) is 13.5. The highest BCUT2D eigenvalue weighted by Crippen LogP contribution is 2.18. The number of hydrogen-bond donors (Lipinski definition) is 1. The molecule has 0 saturated carbocycles. The lowest BCUT2D eigenvalue weighted by Gasteiger charge is -2.22. The van der Waals surface area contributed by atoms with Crippen molar-refractivity contribution in [2.45, 2.75) is 51.9 Å². The fraction of sp³-hybridized carbons (Fsp3) is 0.385. The van der Waals surface area contributed by atoms with Gasteiger partial charge in [-0.1, -0.05) is 48.5 Å². The normalized spacial score (nSPS) is 16.0. The van der Waals surface area contributed by atoms with Gasteiger partial charge in [-0.3, -0.25) is 9.69 Å². The number of pyridine rings is 1. The number of para-hydroxylation sites is 1. The molecule has 5 rings (SSSR count). The van der Waals surface area contributed by atoms with E-state index in [1.165, 1.54) is 5.56 Å². The third-order valence-corrected chi connectivity index (χ3v) is 6.49. The number of aryl methyl sites for hydroxylation is 1. The molecular formula is C26H30N6O2. The zero-order valence-electron chi connectivity index (χ0n) is 19.5. The smallest absolute Gasteiger partial charge is 0.252 e. The summed E-state index contributed by atoms with van der Waals surface area (Å²) in [5.74, 6) is 0.789. The van der Waals surface area contributed by atoms with Crippen LogP contribution in [0.3, 0.4) is 0 Å². The molecule has 3 heterocycles. The zero-order valence-corrected chi connectivity index (χ0v) is 19.5.